The van der Waals surface area contributed by atoms with Crippen LogP contribution in [0.2, 0.25) is 10.0 Å². The number of carbonyl (C=O) groups excluding carboxylic acids is 1. The Morgan fingerprint density at radius 1 is 1.04 bits per heavy atom. The average molecular weight is 409 g/mol. The van der Waals surface area contributed by atoms with Crippen LogP contribution in [-0.4, -0.2) is 23.0 Å². The van der Waals surface area contributed by atoms with Gasteiger partial charge in [-0.3, -0.25) is 4.79 Å². The van der Waals surface area contributed by atoms with Crippen molar-refractivity contribution < 1.29 is 14.7 Å². The zero-order chi connectivity index (χ0) is 20.0. The van der Waals surface area contributed by atoms with E-state index in [-0.39, 0.29) is 18.2 Å². The maximum atomic E-state index is 12.4. The molecule has 27 heavy (non-hydrogen) atoms. The summed E-state index contributed by atoms with van der Waals surface area (Å²) in [5.74, 6) is -1.24. The summed E-state index contributed by atoms with van der Waals surface area (Å²) in [4.78, 5) is 23.7. The number of hydrogen-bond acceptors (Lipinski definition) is 3. The standard InChI is InChI=1S/C20H22Cl2N2O3/c1-12(2)10-17(20(26)27)23-18(25)11-13-6-3-4-9-16(13)24-19-14(21)7-5-8-15(19)22/h3-9,12,17,24H,10-11H2,1-2H3,(H,23,25)(H,26,27). The highest BCUT2D eigenvalue weighted by atomic mass is 35.5. The third-order valence-corrected chi connectivity index (χ3v) is 4.56. The van der Waals surface area contributed by atoms with Gasteiger partial charge in [-0.1, -0.05) is 61.3 Å². The number of carboxylic acid groups (broad SMARTS) is 1. The molecule has 0 aliphatic carbocycles. The molecule has 0 saturated heterocycles. The Kier molecular flexibility index (Phi) is 7.51. The van der Waals surface area contributed by atoms with E-state index in [1.54, 1.807) is 24.3 Å². The number of benzene rings is 2. The van der Waals surface area contributed by atoms with Crippen molar-refractivity contribution in [2.24, 2.45) is 5.92 Å². The van der Waals surface area contributed by atoms with Gasteiger partial charge in [0.25, 0.3) is 0 Å². The van der Waals surface area contributed by atoms with Crippen molar-refractivity contribution in [3.05, 3.63) is 58.1 Å². The van der Waals surface area contributed by atoms with E-state index in [2.05, 4.69) is 10.6 Å². The van der Waals surface area contributed by atoms with Crippen LogP contribution in [0.15, 0.2) is 42.5 Å². The normalized spacial score (nSPS) is 11.9. The zero-order valence-corrected chi connectivity index (χ0v) is 16.6. The number of halogens is 2. The van der Waals surface area contributed by atoms with Gasteiger partial charge in [-0.2, -0.15) is 0 Å². The third-order valence-electron chi connectivity index (χ3n) is 3.93. The number of amides is 1. The largest absolute Gasteiger partial charge is 0.480 e. The number of aliphatic carboxylic acids is 1. The molecule has 0 aliphatic heterocycles. The maximum Gasteiger partial charge on any atom is 0.326 e. The maximum absolute atomic E-state index is 12.4. The van der Waals surface area contributed by atoms with E-state index in [1.807, 2.05) is 32.0 Å². The van der Waals surface area contributed by atoms with Crippen LogP contribution < -0.4 is 10.6 Å². The lowest BCUT2D eigenvalue weighted by molar-refractivity contribution is -0.142. The van der Waals surface area contributed by atoms with Crippen molar-refractivity contribution >= 4 is 46.5 Å². The van der Waals surface area contributed by atoms with Crippen LogP contribution >= 0.6 is 23.2 Å². The van der Waals surface area contributed by atoms with Crippen molar-refractivity contribution in [1.29, 1.82) is 0 Å². The SMILES string of the molecule is CC(C)CC(NC(=O)Cc1ccccc1Nc1c(Cl)cccc1Cl)C(=O)O. The number of nitrogens with one attached hydrogen (secondary N) is 2. The molecular formula is C20H22Cl2N2O3. The molecule has 0 saturated carbocycles. The van der Waals surface area contributed by atoms with Gasteiger partial charge in [-0.15, -0.1) is 0 Å². The summed E-state index contributed by atoms with van der Waals surface area (Å²) < 4.78 is 0. The molecule has 0 spiro atoms. The molecule has 0 aromatic heterocycles. The van der Waals surface area contributed by atoms with Gasteiger partial charge in [0.1, 0.15) is 6.04 Å². The highest BCUT2D eigenvalue weighted by Crippen LogP contribution is 2.33. The van der Waals surface area contributed by atoms with E-state index < -0.39 is 12.0 Å². The summed E-state index contributed by atoms with van der Waals surface area (Å²) in [7, 11) is 0. The van der Waals surface area contributed by atoms with Crippen molar-refractivity contribution in [2.45, 2.75) is 32.7 Å². The second-order valence-electron chi connectivity index (χ2n) is 6.64. The smallest absolute Gasteiger partial charge is 0.326 e. The molecule has 1 amide bonds. The molecule has 3 N–H and O–H groups in total. The van der Waals surface area contributed by atoms with E-state index in [9.17, 15) is 14.7 Å². The molecule has 0 fully saturated rings. The second-order valence-corrected chi connectivity index (χ2v) is 7.46. The highest BCUT2D eigenvalue weighted by Gasteiger charge is 2.21. The number of anilines is 2. The first-order valence-electron chi connectivity index (χ1n) is 8.59. The van der Waals surface area contributed by atoms with Crippen LogP contribution in [0.1, 0.15) is 25.8 Å². The molecule has 2 aromatic rings. The van der Waals surface area contributed by atoms with Crippen molar-refractivity contribution in [1.82, 2.24) is 5.32 Å². The summed E-state index contributed by atoms with van der Waals surface area (Å²) in [6, 6.07) is 11.5. The van der Waals surface area contributed by atoms with Gasteiger partial charge in [0.2, 0.25) is 5.91 Å². The molecule has 2 rings (SSSR count). The van der Waals surface area contributed by atoms with Crippen LogP contribution in [0.25, 0.3) is 0 Å². The van der Waals surface area contributed by atoms with E-state index in [0.29, 0.717) is 33.4 Å². The number of para-hydroxylation sites is 2. The zero-order valence-electron chi connectivity index (χ0n) is 15.1. The second kappa shape index (κ2) is 9.62. The quantitative estimate of drug-likeness (QED) is 0.580. The fourth-order valence-corrected chi connectivity index (χ4v) is 3.15. The number of hydrogen-bond donors (Lipinski definition) is 3. The Balaban J connectivity index is 2.15. The first-order chi connectivity index (χ1) is 12.8. The van der Waals surface area contributed by atoms with Gasteiger partial charge in [0, 0.05) is 5.69 Å². The Morgan fingerprint density at radius 2 is 1.67 bits per heavy atom. The van der Waals surface area contributed by atoms with Crippen LogP contribution in [0.4, 0.5) is 11.4 Å². The molecule has 144 valence electrons. The van der Waals surface area contributed by atoms with Gasteiger partial charge in [-0.05, 0) is 36.1 Å². The van der Waals surface area contributed by atoms with Gasteiger partial charge < -0.3 is 15.7 Å². The molecule has 5 nitrogen and oxygen atoms in total. The predicted octanol–water partition coefficient (Wildman–Crippen LogP) is 4.90. The monoisotopic (exact) mass is 408 g/mol. The predicted molar refractivity (Wildman–Crippen MR) is 109 cm³/mol. The molecule has 0 aliphatic rings. The van der Waals surface area contributed by atoms with Crippen LogP contribution in [-0.2, 0) is 16.0 Å². The Morgan fingerprint density at radius 3 is 2.26 bits per heavy atom. The average Bonchev–Trinajstić information content (AvgIpc) is 2.58. The Bertz CT molecular complexity index is 804. The lowest BCUT2D eigenvalue weighted by Gasteiger charge is -2.18. The van der Waals surface area contributed by atoms with Crippen LogP contribution in [0.5, 0.6) is 0 Å². The molecule has 1 unspecified atom stereocenters. The first kappa shape index (κ1) is 21.1. The van der Waals surface area contributed by atoms with Gasteiger partial charge in [0.15, 0.2) is 0 Å². The molecule has 1 atom stereocenters. The summed E-state index contributed by atoms with van der Waals surface area (Å²) >= 11 is 12.4. The summed E-state index contributed by atoms with van der Waals surface area (Å²) in [5, 5.41) is 16.0. The van der Waals surface area contributed by atoms with Crippen molar-refractivity contribution in [3.8, 4) is 0 Å². The topological polar surface area (TPSA) is 78.4 Å². The van der Waals surface area contributed by atoms with Crippen molar-refractivity contribution in [3.63, 3.8) is 0 Å². The van der Waals surface area contributed by atoms with Gasteiger partial charge in [-0.25, -0.2) is 4.79 Å². The molecule has 2 aromatic carbocycles. The lowest BCUT2D eigenvalue weighted by Crippen LogP contribution is -2.42. The Labute approximate surface area is 168 Å². The highest BCUT2D eigenvalue weighted by molar-refractivity contribution is 6.39. The first-order valence-corrected chi connectivity index (χ1v) is 9.34. The molecule has 7 heteroatoms. The lowest BCUT2D eigenvalue weighted by atomic mass is 10.0. The van der Waals surface area contributed by atoms with E-state index in [0.717, 1.165) is 0 Å². The van der Waals surface area contributed by atoms with Crippen LogP contribution in [0, 0.1) is 5.92 Å². The molecule has 0 bridgehead atoms. The number of carbonyl (C=O) groups is 2. The molecule has 0 radical (unpaired) electrons. The van der Waals surface area contributed by atoms with E-state index in [1.165, 1.54) is 0 Å². The van der Waals surface area contributed by atoms with Crippen molar-refractivity contribution in [2.75, 3.05) is 5.32 Å². The third kappa shape index (κ3) is 6.15. The minimum atomic E-state index is -1.04. The fourth-order valence-electron chi connectivity index (χ4n) is 2.66. The molecule has 0 heterocycles. The van der Waals surface area contributed by atoms with Crippen LogP contribution in [0.3, 0.4) is 0 Å². The number of carboxylic acids is 1. The van der Waals surface area contributed by atoms with E-state index >= 15 is 0 Å². The summed E-state index contributed by atoms with van der Waals surface area (Å²) in [5.41, 5.74) is 1.94. The summed E-state index contributed by atoms with van der Waals surface area (Å²) in [6.45, 7) is 3.82. The summed E-state index contributed by atoms with van der Waals surface area (Å²) in [6.07, 6.45) is 0.406. The minimum Gasteiger partial charge on any atom is -0.480 e. The minimum absolute atomic E-state index is 0.0348. The molecular weight excluding hydrogens is 387 g/mol. The van der Waals surface area contributed by atoms with Gasteiger partial charge in [0.05, 0.1) is 22.2 Å². The van der Waals surface area contributed by atoms with E-state index in [4.69, 9.17) is 23.2 Å². The van der Waals surface area contributed by atoms with Gasteiger partial charge >= 0.3 is 5.97 Å². The number of rotatable bonds is 8. The fraction of sp³-hybridized carbons (Fsp3) is 0.300. The Hall–Kier alpha value is -2.24.